The van der Waals surface area contributed by atoms with Crippen LogP contribution in [0.25, 0.3) is 0 Å². The molecule has 0 bridgehead atoms. The summed E-state index contributed by atoms with van der Waals surface area (Å²) in [5.74, 6) is -0.357. The van der Waals surface area contributed by atoms with E-state index in [1.165, 1.54) is 18.3 Å². The Morgan fingerprint density at radius 3 is 2.35 bits per heavy atom. The van der Waals surface area contributed by atoms with Gasteiger partial charge in [-0.15, -0.1) is 24.8 Å². The zero-order valence-corrected chi connectivity index (χ0v) is 11.4. The van der Waals surface area contributed by atoms with E-state index >= 15 is 0 Å². The van der Waals surface area contributed by atoms with Crippen molar-refractivity contribution in [3.8, 4) is 0 Å². The highest BCUT2D eigenvalue weighted by atomic mass is 35.5. The molecule has 1 amide bonds. The summed E-state index contributed by atoms with van der Waals surface area (Å²) >= 11 is 0. The third kappa shape index (κ3) is 5.83. The molecule has 0 unspecified atom stereocenters. The highest BCUT2D eigenvalue weighted by molar-refractivity contribution is 7.90. The lowest BCUT2D eigenvalue weighted by atomic mass is 10.4. The van der Waals surface area contributed by atoms with Gasteiger partial charge in [0.25, 0.3) is 0 Å². The van der Waals surface area contributed by atoms with Crippen molar-refractivity contribution in [1.82, 2.24) is 4.98 Å². The number of halogens is 2. The van der Waals surface area contributed by atoms with E-state index in [2.05, 4.69) is 10.3 Å². The molecule has 0 aromatic carbocycles. The molecule has 9 heteroatoms. The van der Waals surface area contributed by atoms with Gasteiger partial charge in [0.05, 0.1) is 18.4 Å². The van der Waals surface area contributed by atoms with Crippen molar-refractivity contribution >= 4 is 46.2 Å². The Kier molecular flexibility index (Phi) is 8.08. The van der Waals surface area contributed by atoms with Crippen LogP contribution in [-0.2, 0) is 14.6 Å². The van der Waals surface area contributed by atoms with E-state index in [0.717, 1.165) is 6.26 Å². The second-order valence-electron chi connectivity index (χ2n) is 2.91. The number of anilines is 1. The molecule has 1 aromatic rings. The van der Waals surface area contributed by atoms with Crippen LogP contribution < -0.4 is 11.1 Å². The Labute approximate surface area is 112 Å². The van der Waals surface area contributed by atoms with E-state index in [0.29, 0.717) is 5.69 Å². The third-order valence-electron chi connectivity index (χ3n) is 1.59. The molecule has 0 saturated carbocycles. The number of sulfone groups is 1. The van der Waals surface area contributed by atoms with Crippen LogP contribution in [0.3, 0.4) is 0 Å². The molecule has 1 aromatic heterocycles. The number of amides is 1. The van der Waals surface area contributed by atoms with Crippen LogP contribution >= 0.6 is 24.8 Å². The lowest BCUT2D eigenvalue weighted by molar-refractivity contribution is -0.114. The molecule has 98 valence electrons. The maximum absolute atomic E-state index is 11.1. The van der Waals surface area contributed by atoms with Gasteiger partial charge in [-0.3, -0.25) is 4.79 Å². The fraction of sp³-hybridized carbons (Fsp3) is 0.250. The van der Waals surface area contributed by atoms with Crippen molar-refractivity contribution in [3.63, 3.8) is 0 Å². The molecular weight excluding hydrogens is 289 g/mol. The number of pyridine rings is 1. The minimum atomic E-state index is -3.30. The molecule has 0 fully saturated rings. The zero-order valence-electron chi connectivity index (χ0n) is 8.91. The summed E-state index contributed by atoms with van der Waals surface area (Å²) in [7, 11) is -3.30. The SMILES string of the molecule is CS(=O)(=O)c1ccc(NC(=O)CN)cn1.Cl.Cl. The van der Waals surface area contributed by atoms with E-state index in [9.17, 15) is 13.2 Å². The maximum atomic E-state index is 11.1. The first-order valence-electron chi connectivity index (χ1n) is 4.09. The predicted molar refractivity (Wildman–Crippen MR) is 69.5 cm³/mol. The van der Waals surface area contributed by atoms with Crippen molar-refractivity contribution in [2.75, 3.05) is 18.1 Å². The van der Waals surface area contributed by atoms with Gasteiger partial charge >= 0.3 is 0 Å². The van der Waals surface area contributed by atoms with Gasteiger partial charge in [0.2, 0.25) is 5.91 Å². The van der Waals surface area contributed by atoms with Crippen LogP contribution in [0.5, 0.6) is 0 Å². The van der Waals surface area contributed by atoms with Gasteiger partial charge in [-0.25, -0.2) is 13.4 Å². The quantitative estimate of drug-likeness (QED) is 0.832. The summed E-state index contributed by atoms with van der Waals surface area (Å²) < 4.78 is 22.1. The second-order valence-corrected chi connectivity index (χ2v) is 4.87. The van der Waals surface area contributed by atoms with Gasteiger partial charge in [-0.1, -0.05) is 0 Å². The smallest absolute Gasteiger partial charge is 0.238 e. The van der Waals surface area contributed by atoms with E-state index in [4.69, 9.17) is 5.73 Å². The molecule has 1 rings (SSSR count). The van der Waals surface area contributed by atoms with Crippen LogP contribution in [0.1, 0.15) is 0 Å². The Morgan fingerprint density at radius 1 is 1.41 bits per heavy atom. The monoisotopic (exact) mass is 301 g/mol. The number of hydrogen-bond acceptors (Lipinski definition) is 5. The summed E-state index contributed by atoms with van der Waals surface area (Å²) in [6, 6.07) is 2.78. The Hall–Kier alpha value is -0.890. The molecule has 0 atom stereocenters. The molecule has 0 spiro atoms. The van der Waals surface area contributed by atoms with Crippen LogP contribution in [0.4, 0.5) is 5.69 Å². The fourth-order valence-electron chi connectivity index (χ4n) is 0.886. The molecule has 0 saturated heterocycles. The molecule has 0 aliphatic heterocycles. The van der Waals surface area contributed by atoms with E-state index in [1.54, 1.807) is 0 Å². The molecule has 17 heavy (non-hydrogen) atoms. The average Bonchev–Trinajstić information content (AvgIpc) is 2.17. The topological polar surface area (TPSA) is 102 Å². The van der Waals surface area contributed by atoms with Crippen LogP contribution in [-0.4, -0.2) is 32.1 Å². The number of nitrogens with zero attached hydrogens (tertiary/aromatic N) is 1. The Morgan fingerprint density at radius 2 is 2.00 bits per heavy atom. The number of carbonyl (C=O) groups is 1. The van der Waals surface area contributed by atoms with Gasteiger partial charge in [0, 0.05) is 6.26 Å². The van der Waals surface area contributed by atoms with Gasteiger partial charge in [-0.05, 0) is 12.1 Å². The minimum absolute atomic E-state index is 0. The van der Waals surface area contributed by atoms with Crippen molar-refractivity contribution in [2.24, 2.45) is 5.73 Å². The summed E-state index contributed by atoms with van der Waals surface area (Å²) in [6.07, 6.45) is 2.33. The Bertz CT molecular complexity index is 461. The molecule has 0 radical (unpaired) electrons. The second kappa shape index (κ2) is 7.44. The molecule has 0 aliphatic carbocycles. The normalized spacial score (nSPS) is 9.76. The first-order chi connectivity index (χ1) is 6.93. The minimum Gasteiger partial charge on any atom is -0.324 e. The maximum Gasteiger partial charge on any atom is 0.238 e. The van der Waals surface area contributed by atoms with Gasteiger partial charge < -0.3 is 11.1 Å². The summed E-state index contributed by atoms with van der Waals surface area (Å²) in [4.78, 5) is 14.6. The van der Waals surface area contributed by atoms with E-state index < -0.39 is 9.84 Å². The molecule has 1 heterocycles. The van der Waals surface area contributed by atoms with Gasteiger partial charge in [0.15, 0.2) is 14.9 Å². The Balaban J connectivity index is 0. The van der Waals surface area contributed by atoms with Crippen LogP contribution in [0.15, 0.2) is 23.4 Å². The largest absolute Gasteiger partial charge is 0.324 e. The van der Waals surface area contributed by atoms with E-state index in [1.807, 2.05) is 0 Å². The number of carbonyl (C=O) groups excluding carboxylic acids is 1. The van der Waals surface area contributed by atoms with Crippen LogP contribution in [0, 0.1) is 0 Å². The zero-order chi connectivity index (χ0) is 11.5. The van der Waals surface area contributed by atoms with Crippen molar-refractivity contribution in [2.45, 2.75) is 5.03 Å². The molecule has 6 nitrogen and oxygen atoms in total. The first kappa shape index (κ1) is 18.5. The third-order valence-corrected chi connectivity index (χ3v) is 2.59. The molecule has 0 aliphatic rings. The lowest BCUT2D eigenvalue weighted by Crippen LogP contribution is -2.21. The molecule has 3 N–H and O–H groups in total. The number of aromatic nitrogens is 1. The van der Waals surface area contributed by atoms with Crippen molar-refractivity contribution in [1.29, 1.82) is 0 Å². The van der Waals surface area contributed by atoms with Crippen molar-refractivity contribution < 1.29 is 13.2 Å². The highest BCUT2D eigenvalue weighted by Gasteiger charge is 2.08. The number of rotatable bonds is 3. The molecular formula is C8H13Cl2N3O3S. The predicted octanol–water partition coefficient (Wildman–Crippen LogP) is 0.226. The number of hydrogen-bond donors (Lipinski definition) is 2. The highest BCUT2D eigenvalue weighted by Crippen LogP contribution is 2.09. The standard InChI is InChI=1S/C8H11N3O3S.2ClH/c1-15(13,14)8-3-2-6(5-10-8)11-7(12)4-9;;/h2-3,5H,4,9H2,1H3,(H,11,12);2*1H. The average molecular weight is 302 g/mol. The fourth-order valence-corrected chi connectivity index (χ4v) is 1.45. The number of nitrogens with two attached hydrogens (primary N) is 1. The van der Waals surface area contributed by atoms with Gasteiger partial charge in [-0.2, -0.15) is 0 Å². The summed E-state index contributed by atoms with van der Waals surface area (Å²) in [5.41, 5.74) is 5.51. The van der Waals surface area contributed by atoms with E-state index in [-0.39, 0.29) is 42.3 Å². The van der Waals surface area contributed by atoms with Crippen LogP contribution in [0.2, 0.25) is 0 Å². The van der Waals surface area contributed by atoms with Gasteiger partial charge in [0.1, 0.15) is 0 Å². The first-order valence-corrected chi connectivity index (χ1v) is 5.98. The van der Waals surface area contributed by atoms with Crippen molar-refractivity contribution in [3.05, 3.63) is 18.3 Å². The lowest BCUT2D eigenvalue weighted by Gasteiger charge is -2.03. The number of nitrogens with one attached hydrogen (secondary N) is 1. The summed E-state index contributed by atoms with van der Waals surface area (Å²) in [6.45, 7) is -0.131. The summed E-state index contributed by atoms with van der Waals surface area (Å²) in [5, 5.41) is 2.41.